The van der Waals surface area contributed by atoms with Crippen LogP contribution in [0.3, 0.4) is 0 Å². The summed E-state index contributed by atoms with van der Waals surface area (Å²) in [5.41, 5.74) is -1.36. The molecule has 136 valence electrons. The number of ether oxygens (including phenoxy) is 1. The van der Waals surface area contributed by atoms with Crippen LogP contribution in [-0.2, 0) is 11.2 Å². The van der Waals surface area contributed by atoms with Crippen molar-refractivity contribution in [3.05, 3.63) is 11.7 Å². The molecule has 2 N–H and O–H groups in total. The first kappa shape index (κ1) is 18.7. The van der Waals surface area contributed by atoms with E-state index in [-0.39, 0.29) is 12.0 Å². The van der Waals surface area contributed by atoms with E-state index in [2.05, 4.69) is 15.5 Å². The number of hydrogen-bond donors (Lipinski definition) is 2. The lowest BCUT2D eigenvalue weighted by Gasteiger charge is -2.35. The average Bonchev–Trinajstić information content (AvgIpc) is 2.88. The molecule has 1 saturated carbocycles. The maximum Gasteiger partial charge on any atom is 0.407 e. The first-order chi connectivity index (χ1) is 11.1. The molecule has 7 nitrogen and oxygen atoms in total. The Morgan fingerprint density at radius 2 is 2.04 bits per heavy atom. The van der Waals surface area contributed by atoms with Crippen molar-refractivity contribution in [2.75, 3.05) is 0 Å². The molecule has 24 heavy (non-hydrogen) atoms. The highest BCUT2D eigenvalue weighted by Crippen LogP contribution is 2.31. The Labute approximate surface area is 143 Å². The van der Waals surface area contributed by atoms with E-state index in [1.165, 1.54) is 0 Å². The molecule has 1 aliphatic carbocycles. The van der Waals surface area contributed by atoms with Gasteiger partial charge in [-0.1, -0.05) is 19.0 Å². The predicted octanol–water partition coefficient (Wildman–Crippen LogP) is 2.93. The van der Waals surface area contributed by atoms with Crippen LogP contribution in [0.1, 0.15) is 77.9 Å². The molecule has 0 aliphatic heterocycles. The first-order valence-electron chi connectivity index (χ1n) is 8.61. The third kappa shape index (κ3) is 5.47. The van der Waals surface area contributed by atoms with E-state index in [1.807, 2.05) is 34.6 Å². The van der Waals surface area contributed by atoms with Gasteiger partial charge in [-0.15, -0.1) is 0 Å². The van der Waals surface area contributed by atoms with Gasteiger partial charge in [-0.05, 0) is 46.5 Å². The molecule has 0 radical (unpaired) electrons. The van der Waals surface area contributed by atoms with Crippen molar-refractivity contribution in [2.45, 2.75) is 89.9 Å². The van der Waals surface area contributed by atoms with Gasteiger partial charge < -0.3 is 19.7 Å². The number of carbonyl (C=O) groups excluding carboxylic acids is 1. The summed E-state index contributed by atoms with van der Waals surface area (Å²) in [6, 6.07) is 0.0223. The van der Waals surface area contributed by atoms with Crippen molar-refractivity contribution in [1.29, 1.82) is 0 Å². The number of nitrogens with zero attached hydrogens (tertiary/aromatic N) is 2. The van der Waals surface area contributed by atoms with Crippen LogP contribution in [0, 0.1) is 0 Å². The van der Waals surface area contributed by atoms with Crippen molar-refractivity contribution in [3.63, 3.8) is 0 Å². The summed E-state index contributed by atoms with van der Waals surface area (Å²) < 4.78 is 10.5. The van der Waals surface area contributed by atoms with Gasteiger partial charge in [0.05, 0.1) is 12.0 Å². The summed E-state index contributed by atoms with van der Waals surface area (Å²) in [4.78, 5) is 16.1. The van der Waals surface area contributed by atoms with Gasteiger partial charge in [-0.25, -0.2) is 4.79 Å². The third-order valence-corrected chi connectivity index (χ3v) is 4.12. The van der Waals surface area contributed by atoms with Gasteiger partial charge in [-0.2, -0.15) is 4.98 Å². The standard InChI is InChI=1S/C17H29N3O4/c1-11(2)14-19-13(24-20-14)10-17(22)8-6-12(7-9-17)18-15(21)23-16(3,4)5/h11-12,22H,6-10H2,1-5H3,(H,18,21). The van der Waals surface area contributed by atoms with Crippen LogP contribution in [-0.4, -0.2) is 38.6 Å². The topological polar surface area (TPSA) is 97.5 Å². The normalized spacial score (nSPS) is 24.9. The Bertz CT molecular complexity index is 554. The van der Waals surface area contributed by atoms with Crippen molar-refractivity contribution >= 4 is 6.09 Å². The molecule has 0 atom stereocenters. The second-order valence-electron chi connectivity index (χ2n) is 8.02. The van der Waals surface area contributed by atoms with E-state index < -0.39 is 17.3 Å². The summed E-state index contributed by atoms with van der Waals surface area (Å²) >= 11 is 0. The number of hydrogen-bond acceptors (Lipinski definition) is 6. The Morgan fingerprint density at radius 1 is 1.42 bits per heavy atom. The van der Waals surface area contributed by atoms with Crippen LogP contribution in [0.5, 0.6) is 0 Å². The van der Waals surface area contributed by atoms with Crippen molar-refractivity contribution in [2.24, 2.45) is 0 Å². The SMILES string of the molecule is CC(C)c1noc(CC2(O)CCC(NC(=O)OC(C)(C)C)CC2)n1. The van der Waals surface area contributed by atoms with Crippen LogP contribution in [0.4, 0.5) is 4.79 Å². The molecule has 1 fully saturated rings. The third-order valence-electron chi connectivity index (χ3n) is 4.12. The number of carbonyl (C=O) groups is 1. The van der Waals surface area contributed by atoms with E-state index in [9.17, 15) is 9.90 Å². The smallest absolute Gasteiger partial charge is 0.407 e. The highest BCUT2D eigenvalue weighted by atomic mass is 16.6. The fourth-order valence-electron chi connectivity index (χ4n) is 2.81. The number of aromatic nitrogens is 2. The molecule has 1 aromatic heterocycles. The molecule has 1 aromatic rings. The lowest BCUT2D eigenvalue weighted by atomic mass is 9.80. The van der Waals surface area contributed by atoms with Gasteiger partial charge in [0, 0.05) is 12.0 Å². The van der Waals surface area contributed by atoms with Gasteiger partial charge in [-0.3, -0.25) is 0 Å². The zero-order valence-corrected chi connectivity index (χ0v) is 15.3. The summed E-state index contributed by atoms with van der Waals surface area (Å²) in [5.74, 6) is 1.33. The van der Waals surface area contributed by atoms with Gasteiger partial charge >= 0.3 is 6.09 Å². The van der Waals surface area contributed by atoms with E-state index in [1.54, 1.807) is 0 Å². The molecule has 2 rings (SSSR count). The van der Waals surface area contributed by atoms with E-state index in [0.29, 0.717) is 43.8 Å². The molecule has 0 aromatic carbocycles. The Morgan fingerprint density at radius 3 is 2.54 bits per heavy atom. The van der Waals surface area contributed by atoms with Crippen molar-refractivity contribution in [3.8, 4) is 0 Å². The minimum atomic E-state index is -0.854. The highest BCUT2D eigenvalue weighted by Gasteiger charge is 2.36. The van der Waals surface area contributed by atoms with E-state index in [4.69, 9.17) is 9.26 Å². The fourth-order valence-corrected chi connectivity index (χ4v) is 2.81. The molecule has 7 heteroatoms. The van der Waals surface area contributed by atoms with Gasteiger partial charge in [0.25, 0.3) is 0 Å². The fraction of sp³-hybridized carbons (Fsp3) is 0.824. The summed E-state index contributed by atoms with van der Waals surface area (Å²) in [6.07, 6.45) is 2.49. The highest BCUT2D eigenvalue weighted by molar-refractivity contribution is 5.68. The molecule has 1 aliphatic rings. The maximum atomic E-state index is 11.8. The number of amides is 1. The van der Waals surface area contributed by atoms with E-state index in [0.717, 1.165) is 0 Å². The van der Waals surface area contributed by atoms with Crippen molar-refractivity contribution in [1.82, 2.24) is 15.5 Å². The van der Waals surface area contributed by atoms with Crippen LogP contribution in [0.2, 0.25) is 0 Å². The molecule has 1 amide bonds. The lowest BCUT2D eigenvalue weighted by molar-refractivity contribution is -0.0113. The average molecular weight is 339 g/mol. The number of alkyl carbamates (subject to hydrolysis) is 1. The first-order valence-corrected chi connectivity index (χ1v) is 8.61. The van der Waals surface area contributed by atoms with Crippen LogP contribution in [0.25, 0.3) is 0 Å². The predicted molar refractivity (Wildman–Crippen MR) is 88.7 cm³/mol. The number of rotatable bonds is 4. The van der Waals surface area contributed by atoms with E-state index >= 15 is 0 Å². The summed E-state index contributed by atoms with van der Waals surface area (Å²) in [6.45, 7) is 9.50. The summed E-state index contributed by atoms with van der Waals surface area (Å²) in [7, 11) is 0. The van der Waals surface area contributed by atoms with Crippen molar-refractivity contribution < 1.29 is 19.2 Å². The number of aliphatic hydroxyl groups is 1. The second-order valence-corrected chi connectivity index (χ2v) is 8.02. The molecule has 0 saturated heterocycles. The van der Waals surface area contributed by atoms with Crippen LogP contribution >= 0.6 is 0 Å². The van der Waals surface area contributed by atoms with Gasteiger partial charge in [0.1, 0.15) is 5.60 Å². The van der Waals surface area contributed by atoms with Gasteiger partial charge in [0.15, 0.2) is 5.82 Å². The number of nitrogens with one attached hydrogen (secondary N) is 1. The molecule has 0 bridgehead atoms. The zero-order chi connectivity index (χ0) is 18.0. The zero-order valence-electron chi connectivity index (χ0n) is 15.3. The van der Waals surface area contributed by atoms with Gasteiger partial charge in [0.2, 0.25) is 5.89 Å². The molecule has 1 heterocycles. The van der Waals surface area contributed by atoms with Crippen LogP contribution < -0.4 is 5.32 Å². The Kier molecular flexibility index (Phi) is 5.52. The molecular formula is C17H29N3O4. The minimum absolute atomic E-state index is 0.0223. The molecule has 0 spiro atoms. The Hall–Kier alpha value is -1.63. The molecular weight excluding hydrogens is 310 g/mol. The maximum absolute atomic E-state index is 11.8. The largest absolute Gasteiger partial charge is 0.444 e. The quantitative estimate of drug-likeness (QED) is 0.875. The molecule has 0 unspecified atom stereocenters. The van der Waals surface area contributed by atoms with Crippen LogP contribution in [0.15, 0.2) is 4.52 Å². The summed E-state index contributed by atoms with van der Waals surface area (Å²) in [5, 5.41) is 17.5. The Balaban J connectivity index is 1.83. The lowest BCUT2D eigenvalue weighted by Crippen LogP contribution is -2.45. The monoisotopic (exact) mass is 339 g/mol. The second kappa shape index (κ2) is 7.09. The minimum Gasteiger partial charge on any atom is -0.444 e.